The van der Waals surface area contributed by atoms with Gasteiger partial charge in [-0.25, -0.2) is 4.79 Å². The molecule has 1 aromatic carbocycles. The van der Waals surface area contributed by atoms with Crippen LogP contribution in [0.3, 0.4) is 0 Å². The lowest BCUT2D eigenvalue weighted by atomic mass is 9.68. The van der Waals surface area contributed by atoms with Crippen molar-refractivity contribution >= 4 is 5.97 Å². The Labute approximate surface area is 185 Å². The summed E-state index contributed by atoms with van der Waals surface area (Å²) in [7, 11) is 0. The van der Waals surface area contributed by atoms with Crippen LogP contribution in [0, 0.1) is 17.8 Å². The van der Waals surface area contributed by atoms with Gasteiger partial charge in [-0.3, -0.25) is 0 Å². The van der Waals surface area contributed by atoms with E-state index in [1.807, 2.05) is 12.1 Å². The minimum absolute atomic E-state index is 0.170. The molecule has 2 heteroatoms. The zero-order valence-corrected chi connectivity index (χ0v) is 19.5. The van der Waals surface area contributed by atoms with Gasteiger partial charge in [0.05, 0.1) is 12.2 Å². The Morgan fingerprint density at radius 1 is 0.800 bits per heavy atom. The summed E-state index contributed by atoms with van der Waals surface area (Å²) < 4.78 is 5.39. The molecule has 2 saturated carbocycles. The van der Waals surface area contributed by atoms with Crippen LogP contribution in [-0.2, 0) is 4.74 Å². The van der Waals surface area contributed by atoms with Gasteiger partial charge >= 0.3 is 5.97 Å². The van der Waals surface area contributed by atoms with E-state index >= 15 is 0 Å². The summed E-state index contributed by atoms with van der Waals surface area (Å²) in [5, 5.41) is 0. The molecule has 0 aliphatic heterocycles. The monoisotopic (exact) mass is 412 g/mol. The van der Waals surface area contributed by atoms with E-state index < -0.39 is 0 Å². The summed E-state index contributed by atoms with van der Waals surface area (Å²) in [4.78, 5) is 12.2. The van der Waals surface area contributed by atoms with E-state index in [4.69, 9.17) is 4.74 Å². The molecule has 2 fully saturated rings. The molecule has 0 radical (unpaired) electrons. The molecule has 0 saturated heterocycles. The average molecular weight is 413 g/mol. The van der Waals surface area contributed by atoms with Gasteiger partial charge < -0.3 is 4.74 Å². The van der Waals surface area contributed by atoms with E-state index in [-0.39, 0.29) is 5.97 Å². The lowest BCUT2D eigenvalue weighted by Crippen LogP contribution is -2.25. The molecule has 0 aromatic heterocycles. The molecule has 0 unspecified atom stereocenters. The van der Waals surface area contributed by atoms with Gasteiger partial charge in [-0.05, 0) is 86.3 Å². The highest BCUT2D eigenvalue weighted by atomic mass is 16.5. The minimum Gasteiger partial charge on any atom is -0.462 e. The van der Waals surface area contributed by atoms with Crippen LogP contribution in [0.25, 0.3) is 0 Å². The van der Waals surface area contributed by atoms with Crippen molar-refractivity contribution in [3.05, 3.63) is 35.4 Å². The van der Waals surface area contributed by atoms with Crippen molar-refractivity contribution < 1.29 is 9.53 Å². The highest BCUT2D eigenvalue weighted by Gasteiger charge is 2.31. The normalized spacial score (nSPS) is 27.0. The highest BCUT2D eigenvalue weighted by Crippen LogP contribution is 2.44. The maximum absolute atomic E-state index is 12.2. The van der Waals surface area contributed by atoms with Crippen molar-refractivity contribution in [2.75, 3.05) is 6.61 Å². The maximum atomic E-state index is 12.2. The number of benzene rings is 1. The topological polar surface area (TPSA) is 26.3 Å². The molecule has 0 bridgehead atoms. The molecular formula is C28H44O2. The number of hydrogen-bond donors (Lipinski definition) is 0. The Balaban J connectivity index is 1.40. The highest BCUT2D eigenvalue weighted by molar-refractivity contribution is 5.89. The van der Waals surface area contributed by atoms with Crippen LogP contribution in [0.1, 0.15) is 126 Å². The standard InChI is InChI=1S/C28H44O2/c1-3-5-7-21-30-28(29)27-19-17-26(18-20-27)25-15-13-24(14-16-25)23-11-9-22(10-12-23)8-6-4-2/h17-20,22-25H,3-16,21H2,1-2H3/t22-,23-,24?,25?. The number of hydrogen-bond acceptors (Lipinski definition) is 2. The molecule has 0 heterocycles. The lowest BCUT2D eigenvalue weighted by Gasteiger charge is -2.38. The van der Waals surface area contributed by atoms with Crippen molar-refractivity contribution in [2.24, 2.45) is 17.8 Å². The summed E-state index contributed by atoms with van der Waals surface area (Å²) in [6.07, 6.45) is 18.9. The summed E-state index contributed by atoms with van der Waals surface area (Å²) in [6, 6.07) is 8.29. The second kappa shape index (κ2) is 12.5. The molecule has 0 N–H and O–H groups in total. The molecule has 2 aliphatic carbocycles. The predicted molar refractivity (Wildman–Crippen MR) is 126 cm³/mol. The first kappa shape index (κ1) is 23.4. The van der Waals surface area contributed by atoms with Crippen molar-refractivity contribution in [3.8, 4) is 0 Å². The fourth-order valence-corrected chi connectivity index (χ4v) is 5.86. The number of ether oxygens (including phenoxy) is 1. The van der Waals surface area contributed by atoms with Crippen molar-refractivity contribution in [1.29, 1.82) is 0 Å². The third-order valence-electron chi connectivity index (χ3n) is 7.89. The molecule has 0 amide bonds. The molecule has 0 spiro atoms. The molecule has 2 aliphatic rings. The van der Waals surface area contributed by atoms with Crippen LogP contribution in [0.2, 0.25) is 0 Å². The number of carbonyl (C=O) groups is 1. The summed E-state index contributed by atoms with van der Waals surface area (Å²) in [6.45, 7) is 5.02. The second-order valence-corrected chi connectivity index (χ2v) is 10.00. The van der Waals surface area contributed by atoms with Crippen LogP contribution >= 0.6 is 0 Å². The van der Waals surface area contributed by atoms with Gasteiger partial charge in [0.25, 0.3) is 0 Å². The van der Waals surface area contributed by atoms with E-state index in [1.54, 1.807) is 0 Å². The minimum atomic E-state index is -0.170. The summed E-state index contributed by atoms with van der Waals surface area (Å²) >= 11 is 0. The van der Waals surface area contributed by atoms with Crippen LogP contribution < -0.4 is 0 Å². The van der Waals surface area contributed by atoms with E-state index in [0.717, 1.165) is 37.0 Å². The number of carbonyl (C=O) groups excluding carboxylic acids is 1. The fourth-order valence-electron chi connectivity index (χ4n) is 5.86. The van der Waals surface area contributed by atoms with Crippen molar-refractivity contribution in [2.45, 2.75) is 110 Å². The average Bonchev–Trinajstić information content (AvgIpc) is 2.81. The number of unbranched alkanes of at least 4 members (excludes halogenated alkanes) is 3. The van der Waals surface area contributed by atoms with Gasteiger partial charge in [0.15, 0.2) is 0 Å². The first-order valence-corrected chi connectivity index (χ1v) is 13.0. The summed E-state index contributed by atoms with van der Waals surface area (Å²) in [5.74, 6) is 3.49. The predicted octanol–water partition coefficient (Wildman–Crippen LogP) is 8.30. The number of rotatable bonds is 10. The van der Waals surface area contributed by atoms with E-state index in [9.17, 15) is 4.79 Å². The summed E-state index contributed by atoms with van der Waals surface area (Å²) in [5.41, 5.74) is 2.11. The molecular weight excluding hydrogens is 368 g/mol. The molecule has 30 heavy (non-hydrogen) atoms. The maximum Gasteiger partial charge on any atom is 0.338 e. The van der Waals surface area contributed by atoms with Gasteiger partial charge in [0.1, 0.15) is 0 Å². The van der Waals surface area contributed by atoms with Crippen molar-refractivity contribution in [3.63, 3.8) is 0 Å². The Bertz CT molecular complexity index is 604. The van der Waals surface area contributed by atoms with Gasteiger partial charge in [-0.1, -0.05) is 70.9 Å². The quantitative estimate of drug-likeness (QED) is 0.285. The van der Waals surface area contributed by atoms with E-state index in [1.165, 1.54) is 76.2 Å². The zero-order valence-electron chi connectivity index (χ0n) is 19.5. The lowest BCUT2D eigenvalue weighted by molar-refractivity contribution is 0.0498. The van der Waals surface area contributed by atoms with Crippen LogP contribution in [0.4, 0.5) is 0 Å². The zero-order chi connectivity index (χ0) is 21.2. The van der Waals surface area contributed by atoms with Gasteiger partial charge in [0, 0.05) is 0 Å². The smallest absolute Gasteiger partial charge is 0.338 e. The van der Waals surface area contributed by atoms with Gasteiger partial charge in [0.2, 0.25) is 0 Å². The molecule has 0 atom stereocenters. The SMILES string of the molecule is CCCCCOC(=O)c1ccc(C2CCC([C@H]3CC[C@H](CCCC)CC3)CC2)cc1. The number of esters is 1. The van der Waals surface area contributed by atoms with Crippen molar-refractivity contribution in [1.82, 2.24) is 0 Å². The van der Waals surface area contributed by atoms with Crippen LogP contribution in [-0.4, -0.2) is 12.6 Å². The molecule has 168 valence electrons. The first-order valence-electron chi connectivity index (χ1n) is 13.0. The largest absolute Gasteiger partial charge is 0.462 e. The van der Waals surface area contributed by atoms with Crippen LogP contribution in [0.15, 0.2) is 24.3 Å². The fraction of sp³-hybridized carbons (Fsp3) is 0.750. The molecule has 1 aromatic rings. The van der Waals surface area contributed by atoms with Crippen LogP contribution in [0.5, 0.6) is 0 Å². The first-order chi connectivity index (χ1) is 14.7. The molecule has 3 rings (SSSR count). The van der Waals surface area contributed by atoms with Gasteiger partial charge in [-0.15, -0.1) is 0 Å². The van der Waals surface area contributed by atoms with E-state index in [2.05, 4.69) is 26.0 Å². The Morgan fingerprint density at radius 2 is 1.40 bits per heavy atom. The Hall–Kier alpha value is -1.31. The van der Waals surface area contributed by atoms with E-state index in [0.29, 0.717) is 18.1 Å². The Morgan fingerprint density at radius 3 is 2.00 bits per heavy atom. The van der Waals surface area contributed by atoms with Gasteiger partial charge in [-0.2, -0.15) is 0 Å². The second-order valence-electron chi connectivity index (χ2n) is 10.00. The third kappa shape index (κ3) is 6.86. The third-order valence-corrected chi connectivity index (χ3v) is 7.89. The molecule has 2 nitrogen and oxygen atoms in total. The Kier molecular flexibility index (Phi) is 9.75.